The molecule has 0 unspecified atom stereocenters. The molecule has 38 heavy (non-hydrogen) atoms. The van der Waals surface area contributed by atoms with E-state index in [2.05, 4.69) is 5.32 Å². The number of urea groups is 1. The highest BCUT2D eigenvalue weighted by Crippen LogP contribution is 2.55. The van der Waals surface area contributed by atoms with Gasteiger partial charge >= 0.3 is 6.03 Å². The van der Waals surface area contributed by atoms with Gasteiger partial charge in [0.1, 0.15) is 4.90 Å². The predicted octanol–water partition coefficient (Wildman–Crippen LogP) is 4.99. The number of carbonyl (C=O) groups is 2. The number of hydrogen-bond donors (Lipinski definition) is 1. The smallest absolute Gasteiger partial charge is 0.336 e. The van der Waals surface area contributed by atoms with Gasteiger partial charge in [-0.1, -0.05) is 23.7 Å². The maximum absolute atomic E-state index is 13.8. The molecule has 7 rings (SSSR count). The van der Waals surface area contributed by atoms with Crippen LogP contribution in [0.15, 0.2) is 47.4 Å². The number of nitrogens with one attached hydrogen (secondary N) is 1. The normalized spacial score (nSPS) is 28.6. The second kappa shape index (κ2) is 9.84. The number of sulfonamides is 1. The van der Waals surface area contributed by atoms with Crippen LogP contribution in [0, 0.1) is 23.7 Å². The minimum Gasteiger partial charge on any atom is -0.383 e. The highest BCUT2D eigenvalue weighted by molar-refractivity contribution is 7.90. The van der Waals surface area contributed by atoms with E-state index in [1.807, 2.05) is 4.90 Å². The summed E-state index contributed by atoms with van der Waals surface area (Å²) in [5, 5.41) is 2.88. The van der Waals surface area contributed by atoms with E-state index >= 15 is 0 Å². The zero-order valence-corrected chi connectivity index (χ0v) is 22.9. The van der Waals surface area contributed by atoms with Crippen molar-refractivity contribution in [2.45, 2.75) is 49.6 Å². The maximum Gasteiger partial charge on any atom is 0.336 e. The molecule has 4 bridgehead atoms. The average Bonchev–Trinajstić information content (AvgIpc) is 2.88. The van der Waals surface area contributed by atoms with Crippen molar-refractivity contribution in [2.24, 2.45) is 23.7 Å². The van der Waals surface area contributed by atoms with Crippen molar-refractivity contribution in [1.82, 2.24) is 9.21 Å². The molecule has 0 aromatic heterocycles. The molecule has 1 N–H and O–H groups in total. The quantitative estimate of drug-likeness (QED) is 0.517. The molecular weight excluding hydrogens is 526 g/mol. The minimum absolute atomic E-state index is 0.0158. The van der Waals surface area contributed by atoms with E-state index in [0.29, 0.717) is 36.1 Å². The van der Waals surface area contributed by atoms with Crippen molar-refractivity contribution >= 4 is 39.2 Å². The van der Waals surface area contributed by atoms with E-state index in [0.717, 1.165) is 16.1 Å². The molecule has 0 spiro atoms. The molecule has 0 atom stereocenters. The number of benzene rings is 2. The first-order valence-electron chi connectivity index (χ1n) is 13.3. The molecule has 4 fully saturated rings. The molecule has 0 saturated heterocycles. The first-order valence-corrected chi connectivity index (χ1v) is 15.1. The third kappa shape index (κ3) is 4.48. The van der Waals surface area contributed by atoms with Gasteiger partial charge in [0.05, 0.1) is 18.8 Å². The summed E-state index contributed by atoms with van der Waals surface area (Å²) >= 11 is 6.01. The molecule has 3 amide bonds. The third-order valence-corrected chi connectivity index (χ3v) is 10.8. The first-order chi connectivity index (χ1) is 18.2. The van der Waals surface area contributed by atoms with Gasteiger partial charge in [-0.15, -0.1) is 0 Å². The Hall–Kier alpha value is -2.62. The van der Waals surface area contributed by atoms with Gasteiger partial charge < -0.3 is 15.0 Å². The van der Waals surface area contributed by atoms with Crippen LogP contribution < -0.4 is 5.32 Å². The van der Waals surface area contributed by atoms with Gasteiger partial charge in [-0.05, 0) is 91.7 Å². The van der Waals surface area contributed by atoms with E-state index < -0.39 is 16.1 Å². The van der Waals surface area contributed by atoms with Crippen LogP contribution in [0.3, 0.4) is 0 Å². The number of fused-ring (bicyclic) bond motifs is 1. The Morgan fingerprint density at radius 1 is 1.05 bits per heavy atom. The number of hydrogen-bond acceptors (Lipinski definition) is 5. The Morgan fingerprint density at radius 2 is 1.71 bits per heavy atom. The molecule has 1 aliphatic heterocycles. The van der Waals surface area contributed by atoms with Crippen LogP contribution in [0.1, 0.15) is 48.0 Å². The summed E-state index contributed by atoms with van der Waals surface area (Å²) in [4.78, 5) is 28.4. The summed E-state index contributed by atoms with van der Waals surface area (Å²) in [5.41, 5.74) is 1.36. The topological polar surface area (TPSA) is 96.0 Å². The number of halogens is 1. The molecule has 0 radical (unpaired) electrons. The number of methoxy groups -OCH3 is 1. The van der Waals surface area contributed by atoms with Gasteiger partial charge in [0.15, 0.2) is 0 Å². The Balaban J connectivity index is 1.21. The molecule has 10 heteroatoms. The fourth-order valence-corrected chi connectivity index (χ4v) is 9.17. The van der Waals surface area contributed by atoms with Gasteiger partial charge in [-0.3, -0.25) is 4.79 Å². The predicted molar refractivity (Wildman–Crippen MR) is 143 cm³/mol. The zero-order valence-electron chi connectivity index (χ0n) is 21.3. The molecule has 2 aromatic rings. The van der Waals surface area contributed by atoms with E-state index in [4.69, 9.17) is 16.3 Å². The van der Waals surface area contributed by atoms with Gasteiger partial charge in [-0.2, -0.15) is 0 Å². The number of carbonyl (C=O) groups excluding carboxylic acids is 2. The Bertz CT molecular complexity index is 1340. The summed E-state index contributed by atoms with van der Waals surface area (Å²) in [6.45, 7) is 0.885. The third-order valence-electron chi connectivity index (χ3n) is 8.84. The molecule has 2 aromatic carbocycles. The highest BCUT2D eigenvalue weighted by atomic mass is 35.5. The largest absolute Gasteiger partial charge is 0.383 e. The lowest BCUT2D eigenvalue weighted by Crippen LogP contribution is -2.58. The van der Waals surface area contributed by atoms with Crippen LogP contribution in [0.4, 0.5) is 10.5 Å². The van der Waals surface area contributed by atoms with Crippen molar-refractivity contribution in [3.05, 3.63) is 58.6 Å². The molecule has 5 aliphatic rings. The van der Waals surface area contributed by atoms with Crippen molar-refractivity contribution in [1.29, 1.82) is 0 Å². The van der Waals surface area contributed by atoms with E-state index in [1.165, 1.54) is 50.3 Å². The van der Waals surface area contributed by atoms with Crippen LogP contribution in [-0.4, -0.2) is 55.9 Å². The first kappa shape index (κ1) is 25.6. The van der Waals surface area contributed by atoms with Crippen molar-refractivity contribution < 1.29 is 22.7 Å². The fourth-order valence-electron chi connectivity index (χ4n) is 7.44. The van der Waals surface area contributed by atoms with E-state index in [-0.39, 0.29) is 34.1 Å². The van der Waals surface area contributed by atoms with Crippen LogP contribution in [0.25, 0.3) is 0 Å². The van der Waals surface area contributed by atoms with Crippen molar-refractivity contribution in [3.63, 3.8) is 0 Å². The van der Waals surface area contributed by atoms with Crippen LogP contribution in [-0.2, 0) is 21.3 Å². The lowest BCUT2D eigenvalue weighted by molar-refractivity contribution is -0.0592. The second-order valence-corrected chi connectivity index (χ2v) is 13.5. The molecule has 1 heterocycles. The summed E-state index contributed by atoms with van der Waals surface area (Å²) in [5.74, 6) is 2.74. The maximum atomic E-state index is 13.8. The fraction of sp³-hybridized carbons (Fsp3) is 0.500. The lowest BCUT2D eigenvalue weighted by atomic mass is 9.54. The van der Waals surface area contributed by atoms with Crippen molar-refractivity contribution in [2.75, 3.05) is 25.6 Å². The lowest BCUT2D eigenvalue weighted by Gasteiger charge is -2.57. The Morgan fingerprint density at radius 3 is 2.34 bits per heavy atom. The van der Waals surface area contributed by atoms with Gasteiger partial charge in [0, 0.05) is 30.3 Å². The van der Waals surface area contributed by atoms with Crippen LogP contribution in [0.2, 0.25) is 5.02 Å². The van der Waals surface area contributed by atoms with E-state index in [9.17, 15) is 18.0 Å². The SMILES string of the molecule is COCCN(C(=O)c1ccc(CN2C(=O)Nc3ccc(Cl)cc3S2(=O)=O)cc1)C1C2CC3CC(C2)CC1C3. The summed E-state index contributed by atoms with van der Waals surface area (Å²) in [6, 6.07) is 10.7. The monoisotopic (exact) mass is 557 g/mol. The Labute approximate surface area is 228 Å². The Kier molecular flexibility index (Phi) is 6.64. The van der Waals surface area contributed by atoms with Gasteiger partial charge in [0.2, 0.25) is 0 Å². The number of anilines is 1. The number of amides is 3. The molecule has 4 saturated carbocycles. The standard InChI is InChI=1S/C28H32ClN3O5S/c1-37-9-8-31(26-21-11-18-10-19(13-21)14-22(26)12-18)27(33)20-4-2-17(3-5-20)16-32-28(34)30-24-7-6-23(29)15-25(24)38(32,35)36/h2-7,15,18-19,21-22,26H,8-14,16H2,1H3,(H,30,34). The zero-order chi connectivity index (χ0) is 26.6. The van der Waals surface area contributed by atoms with Gasteiger partial charge in [0.25, 0.3) is 15.9 Å². The van der Waals surface area contributed by atoms with Gasteiger partial charge in [-0.25, -0.2) is 17.5 Å². The summed E-state index contributed by atoms with van der Waals surface area (Å²) < 4.78 is 32.5. The highest BCUT2D eigenvalue weighted by Gasteiger charge is 2.51. The van der Waals surface area contributed by atoms with E-state index in [1.54, 1.807) is 31.4 Å². The van der Waals surface area contributed by atoms with Crippen molar-refractivity contribution in [3.8, 4) is 0 Å². The summed E-state index contributed by atoms with van der Waals surface area (Å²) in [7, 11) is -2.42. The van der Waals surface area contributed by atoms with Crippen LogP contribution >= 0.6 is 11.6 Å². The number of rotatable bonds is 7. The summed E-state index contributed by atoms with van der Waals surface area (Å²) in [6.07, 6.45) is 6.22. The second-order valence-electron chi connectivity index (χ2n) is 11.2. The minimum atomic E-state index is -4.08. The molecule has 4 aliphatic carbocycles. The van der Waals surface area contributed by atoms with Crippen LogP contribution in [0.5, 0.6) is 0 Å². The average molecular weight is 558 g/mol. The molecule has 202 valence electrons. The number of ether oxygens (including phenoxy) is 1. The number of nitrogens with zero attached hydrogens (tertiary/aromatic N) is 2. The molecule has 8 nitrogen and oxygen atoms in total. The molecular formula is C28H32ClN3O5S.